The molecule has 0 fully saturated rings. The van der Waals surface area contributed by atoms with Gasteiger partial charge in [0.1, 0.15) is 5.75 Å². The highest BCUT2D eigenvalue weighted by Crippen LogP contribution is 2.25. The van der Waals surface area contributed by atoms with Gasteiger partial charge in [0.15, 0.2) is 5.11 Å². The van der Waals surface area contributed by atoms with Crippen molar-refractivity contribution in [3.63, 3.8) is 0 Å². The highest BCUT2D eigenvalue weighted by atomic mass is 127. The number of benzene rings is 2. The van der Waals surface area contributed by atoms with E-state index in [-0.39, 0.29) is 11.0 Å². The lowest BCUT2D eigenvalue weighted by Crippen LogP contribution is -2.34. The van der Waals surface area contributed by atoms with E-state index in [1.54, 1.807) is 12.1 Å². The molecule has 4 nitrogen and oxygen atoms in total. The van der Waals surface area contributed by atoms with Gasteiger partial charge in [0.2, 0.25) is 0 Å². The Morgan fingerprint density at radius 1 is 1.26 bits per heavy atom. The van der Waals surface area contributed by atoms with Crippen molar-refractivity contribution < 1.29 is 9.53 Å². The van der Waals surface area contributed by atoms with E-state index in [0.29, 0.717) is 16.3 Å². The van der Waals surface area contributed by atoms with Gasteiger partial charge in [-0.05, 0) is 83.7 Å². The summed E-state index contributed by atoms with van der Waals surface area (Å²) < 4.78 is 6.19. The topological polar surface area (TPSA) is 50.4 Å². The van der Waals surface area contributed by atoms with Crippen molar-refractivity contribution in [2.24, 2.45) is 0 Å². The Bertz CT molecular complexity index is 768. The lowest BCUT2D eigenvalue weighted by molar-refractivity contribution is 0.0977. The van der Waals surface area contributed by atoms with Gasteiger partial charge >= 0.3 is 0 Å². The molecule has 0 aliphatic rings. The molecule has 7 heteroatoms. The molecule has 2 rings (SSSR count). The van der Waals surface area contributed by atoms with Gasteiger partial charge < -0.3 is 10.1 Å². The zero-order valence-corrected chi connectivity index (χ0v) is 16.2. The van der Waals surface area contributed by atoms with Crippen LogP contribution in [0.4, 0.5) is 5.69 Å². The van der Waals surface area contributed by atoms with Crippen molar-refractivity contribution in [1.29, 1.82) is 0 Å². The number of hydrogen-bond donors (Lipinski definition) is 2. The SMILES string of the molecule is COc1ccc(C(=O)NC(=S)Nc2ccc(I)cc2C)cc1Cl. The molecule has 23 heavy (non-hydrogen) atoms. The standard InChI is InChI=1S/C16H14ClIN2O2S/c1-9-7-11(18)4-5-13(9)19-16(23)20-15(21)10-3-6-14(22-2)12(17)8-10/h3-8H,1-2H3,(H2,19,20,21,23). The molecule has 0 spiro atoms. The minimum absolute atomic E-state index is 0.228. The highest BCUT2D eigenvalue weighted by molar-refractivity contribution is 14.1. The number of anilines is 1. The van der Waals surface area contributed by atoms with Gasteiger partial charge in [0.05, 0.1) is 12.1 Å². The third-order valence-corrected chi connectivity index (χ3v) is 4.25. The van der Waals surface area contributed by atoms with Crippen molar-refractivity contribution >= 4 is 63.1 Å². The Balaban J connectivity index is 2.05. The zero-order chi connectivity index (χ0) is 17.0. The average molecular weight is 461 g/mol. The number of thiocarbonyl (C=S) groups is 1. The molecule has 2 aromatic carbocycles. The van der Waals surface area contributed by atoms with Crippen LogP contribution in [0.3, 0.4) is 0 Å². The molecule has 0 aliphatic carbocycles. The summed E-state index contributed by atoms with van der Waals surface area (Å²) in [6.45, 7) is 1.97. The van der Waals surface area contributed by atoms with Crippen molar-refractivity contribution in [3.8, 4) is 5.75 Å². The molecule has 2 N–H and O–H groups in total. The van der Waals surface area contributed by atoms with Gasteiger partial charge in [-0.25, -0.2) is 0 Å². The third kappa shape index (κ3) is 4.79. The highest BCUT2D eigenvalue weighted by Gasteiger charge is 2.11. The van der Waals surface area contributed by atoms with Crippen molar-refractivity contribution in [3.05, 3.63) is 56.1 Å². The molecular formula is C16H14ClIN2O2S. The Morgan fingerprint density at radius 2 is 2.00 bits per heavy atom. The molecule has 0 radical (unpaired) electrons. The number of aryl methyl sites for hydroxylation is 1. The molecule has 120 valence electrons. The summed E-state index contributed by atoms with van der Waals surface area (Å²) in [5.41, 5.74) is 2.30. The van der Waals surface area contributed by atoms with Crippen molar-refractivity contribution in [1.82, 2.24) is 5.32 Å². The van der Waals surface area contributed by atoms with Crippen molar-refractivity contribution in [2.75, 3.05) is 12.4 Å². The van der Waals surface area contributed by atoms with Crippen molar-refractivity contribution in [2.45, 2.75) is 6.92 Å². The summed E-state index contributed by atoms with van der Waals surface area (Å²) in [6.07, 6.45) is 0. The summed E-state index contributed by atoms with van der Waals surface area (Å²) in [5.74, 6) is 0.175. The van der Waals surface area contributed by atoms with E-state index < -0.39 is 0 Å². The van der Waals surface area contributed by atoms with E-state index in [2.05, 4.69) is 33.2 Å². The lowest BCUT2D eigenvalue weighted by atomic mass is 10.2. The van der Waals surface area contributed by atoms with Gasteiger partial charge in [0.25, 0.3) is 5.91 Å². The zero-order valence-electron chi connectivity index (χ0n) is 12.4. The van der Waals surface area contributed by atoms with Crippen LogP contribution in [0, 0.1) is 10.5 Å². The first-order valence-electron chi connectivity index (χ1n) is 6.62. The van der Waals surface area contributed by atoms with Crippen LogP contribution in [-0.2, 0) is 0 Å². The molecule has 1 amide bonds. The normalized spacial score (nSPS) is 10.1. The van der Waals surface area contributed by atoms with E-state index in [1.807, 2.05) is 25.1 Å². The van der Waals surface area contributed by atoms with Gasteiger partial charge in [-0.15, -0.1) is 0 Å². The monoisotopic (exact) mass is 460 g/mol. The molecule has 0 atom stereocenters. The maximum atomic E-state index is 12.2. The number of halogens is 2. The summed E-state index contributed by atoms with van der Waals surface area (Å²) in [5, 5.41) is 6.24. The second kappa shape index (κ2) is 7.94. The van der Waals surface area contributed by atoms with Crippen LogP contribution in [0.5, 0.6) is 5.75 Å². The number of methoxy groups -OCH3 is 1. The Hall–Kier alpha value is -1.38. The summed E-state index contributed by atoms with van der Waals surface area (Å²) in [6, 6.07) is 10.7. The third-order valence-electron chi connectivity index (χ3n) is 3.08. The molecule has 0 bridgehead atoms. The molecular weight excluding hydrogens is 447 g/mol. The summed E-state index contributed by atoms with van der Waals surface area (Å²) in [7, 11) is 1.52. The van der Waals surface area contributed by atoms with Gasteiger partial charge in [0, 0.05) is 14.8 Å². The molecule has 0 unspecified atom stereocenters. The number of carbonyl (C=O) groups is 1. The fourth-order valence-corrected chi connectivity index (χ4v) is 3.01. The second-order valence-corrected chi connectivity index (χ2v) is 6.78. The van der Waals surface area contributed by atoms with Gasteiger partial charge in [-0.1, -0.05) is 11.6 Å². The number of rotatable bonds is 3. The smallest absolute Gasteiger partial charge is 0.257 e. The predicted octanol–water partition coefficient (Wildman–Crippen LogP) is 4.39. The van der Waals surface area contributed by atoms with Crippen LogP contribution in [0.25, 0.3) is 0 Å². The van der Waals surface area contributed by atoms with Crippen LogP contribution in [0.15, 0.2) is 36.4 Å². The Labute approximate surface area is 158 Å². The van der Waals surface area contributed by atoms with E-state index >= 15 is 0 Å². The maximum Gasteiger partial charge on any atom is 0.257 e. The van der Waals surface area contributed by atoms with E-state index in [0.717, 1.165) is 14.8 Å². The predicted molar refractivity (Wildman–Crippen MR) is 106 cm³/mol. The second-order valence-electron chi connectivity index (χ2n) is 4.72. The first-order valence-corrected chi connectivity index (χ1v) is 8.49. The molecule has 0 saturated carbocycles. The quantitative estimate of drug-likeness (QED) is 0.527. The molecule has 0 saturated heterocycles. The van der Waals surface area contributed by atoms with Gasteiger partial charge in [-0.3, -0.25) is 10.1 Å². The molecule has 0 heterocycles. The molecule has 2 aromatic rings. The molecule has 0 aliphatic heterocycles. The fraction of sp³-hybridized carbons (Fsp3) is 0.125. The number of nitrogens with one attached hydrogen (secondary N) is 2. The Morgan fingerprint density at radius 3 is 2.61 bits per heavy atom. The van der Waals surface area contributed by atoms with E-state index in [4.69, 9.17) is 28.6 Å². The fourth-order valence-electron chi connectivity index (χ4n) is 1.90. The van der Waals surface area contributed by atoms with Crippen LogP contribution in [0.2, 0.25) is 5.02 Å². The summed E-state index contributed by atoms with van der Waals surface area (Å²) >= 11 is 13.4. The first-order chi connectivity index (χ1) is 10.9. The van der Waals surface area contributed by atoms with Crippen LogP contribution in [-0.4, -0.2) is 18.1 Å². The molecule has 0 aromatic heterocycles. The lowest BCUT2D eigenvalue weighted by Gasteiger charge is -2.12. The maximum absolute atomic E-state index is 12.2. The summed E-state index contributed by atoms with van der Waals surface area (Å²) in [4.78, 5) is 12.2. The number of amides is 1. The average Bonchev–Trinajstić information content (AvgIpc) is 2.50. The number of carbonyl (C=O) groups excluding carboxylic acids is 1. The first kappa shape index (κ1) is 18.0. The number of hydrogen-bond acceptors (Lipinski definition) is 3. The largest absolute Gasteiger partial charge is 0.495 e. The van der Waals surface area contributed by atoms with Crippen LogP contribution >= 0.6 is 46.4 Å². The number of ether oxygens (including phenoxy) is 1. The van der Waals surface area contributed by atoms with Crippen LogP contribution < -0.4 is 15.4 Å². The van der Waals surface area contributed by atoms with E-state index in [1.165, 1.54) is 13.2 Å². The van der Waals surface area contributed by atoms with Gasteiger partial charge in [-0.2, -0.15) is 0 Å². The minimum Gasteiger partial charge on any atom is -0.495 e. The Kier molecular flexibility index (Phi) is 6.20. The van der Waals surface area contributed by atoms with E-state index in [9.17, 15) is 4.79 Å². The minimum atomic E-state index is -0.338. The van der Waals surface area contributed by atoms with Crippen LogP contribution in [0.1, 0.15) is 15.9 Å².